The van der Waals surface area contributed by atoms with Crippen LogP contribution in [0, 0.1) is 0 Å². The van der Waals surface area contributed by atoms with Crippen LogP contribution in [0.3, 0.4) is 0 Å². The maximum atomic E-state index is 12.2. The predicted molar refractivity (Wildman–Crippen MR) is 85.6 cm³/mol. The van der Waals surface area contributed by atoms with Gasteiger partial charge >= 0.3 is 12.2 Å². The van der Waals surface area contributed by atoms with Gasteiger partial charge in [0.05, 0.1) is 13.2 Å². The molecule has 24 heavy (non-hydrogen) atoms. The Kier molecular flexibility index (Phi) is 8.56. The van der Waals surface area contributed by atoms with Crippen LogP contribution in [0.1, 0.15) is 17.5 Å². The first kappa shape index (κ1) is 20.2. The standard InChI is InChI=1S/C16H24F3N3O2/c1-22(12-16(17,18)19)9-5-8-20-15(23)21-10-13-6-3-4-7-14(13)11-24-2/h3-4,6-7H,5,8-12H2,1-2H3,(H2,20,21,23). The highest BCUT2D eigenvalue weighted by Gasteiger charge is 2.28. The van der Waals surface area contributed by atoms with Crippen molar-refractivity contribution in [3.05, 3.63) is 35.4 Å². The second kappa shape index (κ2) is 10.1. The van der Waals surface area contributed by atoms with E-state index in [2.05, 4.69) is 10.6 Å². The van der Waals surface area contributed by atoms with Crippen molar-refractivity contribution < 1.29 is 22.7 Å². The first-order valence-corrected chi connectivity index (χ1v) is 7.64. The fourth-order valence-electron chi connectivity index (χ4n) is 2.20. The van der Waals surface area contributed by atoms with Gasteiger partial charge in [-0.2, -0.15) is 13.2 Å². The van der Waals surface area contributed by atoms with Crippen LogP contribution in [0.5, 0.6) is 0 Å². The van der Waals surface area contributed by atoms with E-state index in [1.165, 1.54) is 11.9 Å². The molecule has 0 radical (unpaired) electrons. The molecule has 136 valence electrons. The molecular weight excluding hydrogens is 323 g/mol. The Morgan fingerprint density at radius 1 is 1.21 bits per heavy atom. The first-order valence-electron chi connectivity index (χ1n) is 7.64. The van der Waals surface area contributed by atoms with Crippen LogP contribution in [0.4, 0.5) is 18.0 Å². The number of halogens is 3. The smallest absolute Gasteiger partial charge is 0.380 e. The van der Waals surface area contributed by atoms with Crippen LogP contribution in [0.2, 0.25) is 0 Å². The van der Waals surface area contributed by atoms with Crippen LogP contribution in [0.25, 0.3) is 0 Å². The van der Waals surface area contributed by atoms with Crippen LogP contribution in [-0.2, 0) is 17.9 Å². The van der Waals surface area contributed by atoms with Gasteiger partial charge in [-0.05, 0) is 31.1 Å². The van der Waals surface area contributed by atoms with Crippen molar-refractivity contribution in [1.82, 2.24) is 15.5 Å². The molecule has 0 fully saturated rings. The molecule has 0 aromatic heterocycles. The molecular formula is C16H24F3N3O2. The third-order valence-electron chi connectivity index (χ3n) is 3.31. The van der Waals surface area contributed by atoms with Crippen molar-refractivity contribution in [2.24, 2.45) is 0 Å². The Balaban J connectivity index is 2.23. The van der Waals surface area contributed by atoms with Crippen LogP contribution in [-0.4, -0.2) is 50.9 Å². The molecule has 0 aliphatic heterocycles. The number of urea groups is 1. The Bertz CT molecular complexity index is 510. The number of carbonyl (C=O) groups excluding carboxylic acids is 1. The van der Waals surface area contributed by atoms with Crippen LogP contribution in [0.15, 0.2) is 24.3 Å². The summed E-state index contributed by atoms with van der Waals surface area (Å²) >= 11 is 0. The minimum atomic E-state index is -4.20. The second-order valence-electron chi connectivity index (χ2n) is 5.52. The zero-order valence-corrected chi connectivity index (χ0v) is 13.9. The van der Waals surface area contributed by atoms with Gasteiger partial charge in [-0.15, -0.1) is 0 Å². The zero-order valence-electron chi connectivity index (χ0n) is 13.9. The lowest BCUT2D eigenvalue weighted by Gasteiger charge is -2.18. The number of carbonyl (C=O) groups is 1. The SMILES string of the molecule is COCc1ccccc1CNC(=O)NCCCN(C)CC(F)(F)F. The van der Waals surface area contributed by atoms with Crippen molar-refractivity contribution in [3.63, 3.8) is 0 Å². The summed E-state index contributed by atoms with van der Waals surface area (Å²) in [5, 5.41) is 5.36. The summed E-state index contributed by atoms with van der Waals surface area (Å²) in [7, 11) is 3.01. The monoisotopic (exact) mass is 347 g/mol. The van der Waals surface area contributed by atoms with Gasteiger partial charge in [0.25, 0.3) is 0 Å². The van der Waals surface area contributed by atoms with E-state index in [0.717, 1.165) is 11.1 Å². The summed E-state index contributed by atoms with van der Waals surface area (Å²) in [6.07, 6.45) is -3.75. The molecule has 0 saturated carbocycles. The number of nitrogens with zero attached hydrogens (tertiary/aromatic N) is 1. The maximum absolute atomic E-state index is 12.2. The third-order valence-corrected chi connectivity index (χ3v) is 3.31. The molecule has 5 nitrogen and oxygen atoms in total. The lowest BCUT2D eigenvalue weighted by atomic mass is 10.1. The van der Waals surface area contributed by atoms with E-state index in [4.69, 9.17) is 4.74 Å². The van der Waals surface area contributed by atoms with Crippen LogP contribution < -0.4 is 10.6 Å². The Labute approximate surface area is 140 Å². The van der Waals surface area contributed by atoms with Gasteiger partial charge in [0.1, 0.15) is 0 Å². The minimum absolute atomic E-state index is 0.260. The summed E-state index contributed by atoms with van der Waals surface area (Å²) in [6, 6.07) is 7.26. The number of nitrogens with one attached hydrogen (secondary N) is 2. The maximum Gasteiger partial charge on any atom is 0.401 e. The molecule has 0 bridgehead atoms. The van der Waals surface area contributed by atoms with Gasteiger partial charge in [-0.1, -0.05) is 24.3 Å². The van der Waals surface area contributed by atoms with Gasteiger partial charge in [0.15, 0.2) is 0 Å². The lowest BCUT2D eigenvalue weighted by Crippen LogP contribution is -2.37. The summed E-state index contributed by atoms with van der Waals surface area (Å²) in [6.45, 7) is 0.448. The molecule has 1 rings (SSSR count). The van der Waals surface area contributed by atoms with E-state index in [0.29, 0.717) is 26.1 Å². The molecule has 0 heterocycles. The van der Waals surface area contributed by atoms with E-state index in [1.54, 1.807) is 7.11 Å². The summed E-state index contributed by atoms with van der Waals surface area (Å²) in [5.41, 5.74) is 1.95. The molecule has 0 saturated heterocycles. The Morgan fingerprint density at radius 2 is 1.88 bits per heavy atom. The highest BCUT2D eigenvalue weighted by Crippen LogP contribution is 2.15. The molecule has 2 N–H and O–H groups in total. The number of rotatable bonds is 9. The van der Waals surface area contributed by atoms with Gasteiger partial charge in [0.2, 0.25) is 0 Å². The average molecular weight is 347 g/mol. The molecule has 0 unspecified atom stereocenters. The summed E-state index contributed by atoms with van der Waals surface area (Å²) in [5.74, 6) is 0. The topological polar surface area (TPSA) is 53.6 Å². The van der Waals surface area contributed by atoms with Crippen molar-refractivity contribution in [2.75, 3.05) is 33.8 Å². The molecule has 0 spiro atoms. The van der Waals surface area contributed by atoms with Gasteiger partial charge in [-0.3, -0.25) is 4.90 Å². The Morgan fingerprint density at radius 3 is 2.50 bits per heavy atom. The fourth-order valence-corrected chi connectivity index (χ4v) is 2.20. The normalized spacial score (nSPS) is 11.6. The molecule has 0 atom stereocenters. The number of benzene rings is 1. The molecule has 0 aliphatic rings. The number of hydrogen-bond donors (Lipinski definition) is 2. The number of hydrogen-bond acceptors (Lipinski definition) is 3. The summed E-state index contributed by atoms with van der Waals surface area (Å²) < 4.78 is 41.6. The van der Waals surface area contributed by atoms with E-state index < -0.39 is 12.7 Å². The molecule has 8 heteroatoms. The van der Waals surface area contributed by atoms with E-state index >= 15 is 0 Å². The van der Waals surface area contributed by atoms with E-state index in [9.17, 15) is 18.0 Å². The lowest BCUT2D eigenvalue weighted by molar-refractivity contribution is -0.143. The molecule has 2 amide bonds. The quantitative estimate of drug-likeness (QED) is 0.675. The van der Waals surface area contributed by atoms with Gasteiger partial charge < -0.3 is 15.4 Å². The van der Waals surface area contributed by atoms with Crippen molar-refractivity contribution >= 4 is 6.03 Å². The van der Waals surface area contributed by atoms with Gasteiger partial charge in [0, 0.05) is 20.2 Å². The van der Waals surface area contributed by atoms with E-state index in [-0.39, 0.29) is 12.6 Å². The molecule has 1 aromatic carbocycles. The predicted octanol–water partition coefficient (Wildman–Crippen LogP) is 2.52. The number of alkyl halides is 3. The zero-order chi connectivity index (χ0) is 18.0. The fraction of sp³-hybridized carbons (Fsp3) is 0.562. The highest BCUT2D eigenvalue weighted by molar-refractivity contribution is 5.73. The number of amides is 2. The molecule has 0 aliphatic carbocycles. The van der Waals surface area contributed by atoms with Crippen molar-refractivity contribution in [1.29, 1.82) is 0 Å². The third kappa shape index (κ3) is 8.73. The number of ether oxygens (including phenoxy) is 1. The minimum Gasteiger partial charge on any atom is -0.380 e. The highest BCUT2D eigenvalue weighted by atomic mass is 19.4. The average Bonchev–Trinajstić information content (AvgIpc) is 2.49. The van der Waals surface area contributed by atoms with Crippen molar-refractivity contribution in [3.8, 4) is 0 Å². The Hall–Kier alpha value is -1.80. The van der Waals surface area contributed by atoms with Crippen molar-refractivity contribution in [2.45, 2.75) is 25.7 Å². The van der Waals surface area contributed by atoms with Crippen LogP contribution >= 0.6 is 0 Å². The van der Waals surface area contributed by atoms with Gasteiger partial charge in [-0.25, -0.2) is 4.79 Å². The summed E-state index contributed by atoms with van der Waals surface area (Å²) in [4.78, 5) is 12.9. The molecule has 1 aromatic rings. The van der Waals surface area contributed by atoms with E-state index in [1.807, 2.05) is 24.3 Å². The first-order chi connectivity index (χ1) is 11.3. The second-order valence-corrected chi connectivity index (χ2v) is 5.52. The largest absolute Gasteiger partial charge is 0.401 e. The number of methoxy groups -OCH3 is 1.